The number of carbonyl (C=O) groups is 2. The molecule has 50 heavy (non-hydrogen) atoms. The minimum absolute atomic E-state index is 0.0415. The van der Waals surface area contributed by atoms with Gasteiger partial charge in [0.1, 0.15) is 0 Å². The van der Waals surface area contributed by atoms with Crippen LogP contribution in [0.5, 0.6) is 0 Å². The van der Waals surface area contributed by atoms with Crippen LogP contribution in [-0.2, 0) is 19.1 Å². The van der Waals surface area contributed by atoms with Crippen molar-refractivity contribution in [2.24, 2.45) is 5.92 Å². The molecule has 1 atom stereocenters. The number of esters is 2. The van der Waals surface area contributed by atoms with E-state index >= 15 is 0 Å². The number of unbranched alkanes of at least 4 members (excludes halogenated alkanes) is 27. The first-order valence-electron chi connectivity index (χ1n) is 22.5. The van der Waals surface area contributed by atoms with E-state index in [1.807, 2.05) is 6.92 Å². The molecule has 0 N–H and O–H groups in total. The van der Waals surface area contributed by atoms with Gasteiger partial charge < -0.3 is 9.47 Å². The fraction of sp³-hybridized carbons (Fsp3) is 0.913. The zero-order valence-corrected chi connectivity index (χ0v) is 34.8. The van der Waals surface area contributed by atoms with Gasteiger partial charge in [0.15, 0.2) is 0 Å². The predicted molar refractivity (Wildman–Crippen MR) is 220 cm³/mol. The first-order chi connectivity index (χ1) is 24.6. The quantitative estimate of drug-likeness (QED) is 0.0364. The lowest BCUT2D eigenvalue weighted by Gasteiger charge is -2.14. The lowest BCUT2D eigenvalue weighted by Crippen LogP contribution is -2.17. The van der Waals surface area contributed by atoms with Gasteiger partial charge >= 0.3 is 11.9 Å². The van der Waals surface area contributed by atoms with E-state index in [2.05, 4.69) is 39.8 Å². The number of rotatable bonds is 38. The maximum absolute atomic E-state index is 12.1. The topological polar surface area (TPSA) is 52.6 Å². The highest BCUT2D eigenvalue weighted by atomic mass is 16.5. The van der Waals surface area contributed by atoms with Crippen LogP contribution < -0.4 is 0 Å². The van der Waals surface area contributed by atoms with Crippen LogP contribution in [-0.4, -0.2) is 25.2 Å². The van der Waals surface area contributed by atoms with Crippen molar-refractivity contribution in [1.82, 2.24) is 0 Å². The second kappa shape index (κ2) is 45.7. The van der Waals surface area contributed by atoms with Crippen LogP contribution in [0.4, 0.5) is 0 Å². The number of ether oxygens (including phenoxy) is 2. The van der Waals surface area contributed by atoms with Crippen molar-refractivity contribution in [3.63, 3.8) is 0 Å². The van der Waals surface area contributed by atoms with Crippen LogP contribution in [0.1, 0.15) is 253 Å². The highest BCUT2D eigenvalue weighted by molar-refractivity contribution is 5.72. The van der Waals surface area contributed by atoms with E-state index in [4.69, 9.17) is 9.47 Å². The maximum atomic E-state index is 12.1. The zero-order valence-electron chi connectivity index (χ0n) is 34.8. The molecule has 0 saturated heterocycles. The zero-order chi connectivity index (χ0) is 37.0. The van der Waals surface area contributed by atoms with E-state index in [-0.39, 0.29) is 17.9 Å². The Morgan fingerprint density at radius 1 is 0.440 bits per heavy atom. The van der Waals surface area contributed by atoms with Gasteiger partial charge in [0, 0.05) is 6.42 Å². The van der Waals surface area contributed by atoms with Gasteiger partial charge in [-0.15, -0.1) is 0 Å². The van der Waals surface area contributed by atoms with E-state index in [9.17, 15) is 9.59 Å². The molecule has 4 heteroatoms. The largest absolute Gasteiger partial charge is 0.466 e. The van der Waals surface area contributed by atoms with Crippen molar-refractivity contribution in [3.8, 4) is 0 Å². The molecule has 0 radical (unpaired) electrons. The molecule has 0 spiro atoms. The maximum Gasteiger partial charge on any atom is 0.308 e. The number of allylic oxidation sites excluding steroid dienone is 2. The number of carbonyl (C=O) groups excluding carboxylic acids is 2. The van der Waals surface area contributed by atoms with E-state index < -0.39 is 0 Å². The Balaban J connectivity index is 0. The molecule has 1 unspecified atom stereocenters. The molecule has 0 aromatic carbocycles. The van der Waals surface area contributed by atoms with E-state index in [0.29, 0.717) is 19.6 Å². The van der Waals surface area contributed by atoms with Crippen LogP contribution in [0.2, 0.25) is 0 Å². The third kappa shape index (κ3) is 42.8. The summed E-state index contributed by atoms with van der Waals surface area (Å²) >= 11 is 0. The molecule has 0 heterocycles. The fourth-order valence-corrected chi connectivity index (χ4v) is 6.47. The minimum atomic E-state index is -0.0415. The molecule has 0 bridgehead atoms. The van der Waals surface area contributed by atoms with Crippen molar-refractivity contribution in [3.05, 3.63) is 12.2 Å². The number of hydrogen-bond donors (Lipinski definition) is 0. The van der Waals surface area contributed by atoms with Crippen molar-refractivity contribution >= 4 is 11.9 Å². The van der Waals surface area contributed by atoms with Crippen LogP contribution in [0.15, 0.2) is 12.2 Å². The average molecular weight is 707 g/mol. The minimum Gasteiger partial charge on any atom is -0.466 e. The summed E-state index contributed by atoms with van der Waals surface area (Å²) in [6.45, 7) is 11.9. The summed E-state index contributed by atoms with van der Waals surface area (Å²) < 4.78 is 10.4. The predicted octanol–water partition coefficient (Wildman–Crippen LogP) is 15.6. The molecular weight excluding hydrogens is 617 g/mol. The standard InChI is InChI=1S/C26H52O2.C20H38O2/c1-4-7-9-11-12-13-14-15-16-17-18-19-20-21-23-25(6-3)26(27)28-24-22-10-8-5-2;1-3-5-6-7-8-9-10-11-12-13-14-15-16-17-18-19-20(21)22-4-2/h25H,4-24H2,1-3H3;11-12H,3-10,13-19H2,1-2H3. The third-order valence-corrected chi connectivity index (χ3v) is 9.92. The SMILES string of the molecule is CCCCCCCCC=CCCCCCCCC(=O)OCC.CCCCCCCCCCCCCCCCC(CC)C(=O)OCCCCCC. The fourth-order valence-electron chi connectivity index (χ4n) is 6.47. The molecule has 0 aliphatic heterocycles. The highest BCUT2D eigenvalue weighted by Crippen LogP contribution is 2.18. The Morgan fingerprint density at radius 3 is 1.24 bits per heavy atom. The summed E-state index contributed by atoms with van der Waals surface area (Å²) in [7, 11) is 0. The van der Waals surface area contributed by atoms with E-state index in [1.165, 1.54) is 180 Å². The monoisotopic (exact) mass is 707 g/mol. The molecule has 298 valence electrons. The smallest absolute Gasteiger partial charge is 0.308 e. The normalized spacial score (nSPS) is 11.8. The second-order valence-corrected chi connectivity index (χ2v) is 14.9. The molecule has 0 aliphatic rings. The lowest BCUT2D eigenvalue weighted by atomic mass is 9.97. The average Bonchev–Trinajstić information content (AvgIpc) is 3.12. The van der Waals surface area contributed by atoms with Crippen molar-refractivity contribution in [1.29, 1.82) is 0 Å². The van der Waals surface area contributed by atoms with Crippen LogP contribution in [0.3, 0.4) is 0 Å². The molecule has 4 nitrogen and oxygen atoms in total. The van der Waals surface area contributed by atoms with Gasteiger partial charge in [0.25, 0.3) is 0 Å². The van der Waals surface area contributed by atoms with E-state index in [1.54, 1.807) is 0 Å². The summed E-state index contributed by atoms with van der Waals surface area (Å²) in [4.78, 5) is 23.3. The summed E-state index contributed by atoms with van der Waals surface area (Å²) in [5.41, 5.74) is 0. The Bertz CT molecular complexity index is 688. The molecule has 0 aromatic rings. The van der Waals surface area contributed by atoms with Gasteiger partial charge in [0.2, 0.25) is 0 Å². The summed E-state index contributed by atoms with van der Waals surface area (Å²) in [6.07, 6.45) is 48.0. The van der Waals surface area contributed by atoms with Gasteiger partial charge in [-0.2, -0.15) is 0 Å². The Morgan fingerprint density at radius 2 is 0.820 bits per heavy atom. The Hall–Kier alpha value is -1.32. The molecule has 0 saturated carbocycles. The van der Waals surface area contributed by atoms with Gasteiger partial charge in [-0.05, 0) is 58.3 Å². The number of hydrogen-bond acceptors (Lipinski definition) is 4. The van der Waals surface area contributed by atoms with Gasteiger partial charge in [-0.3, -0.25) is 9.59 Å². The molecule has 0 aromatic heterocycles. The first kappa shape index (κ1) is 50.8. The van der Waals surface area contributed by atoms with Crippen LogP contribution in [0.25, 0.3) is 0 Å². The van der Waals surface area contributed by atoms with Gasteiger partial charge in [-0.1, -0.05) is 200 Å². The molecule has 0 aliphatic carbocycles. The Labute approximate surface area is 314 Å². The highest BCUT2D eigenvalue weighted by Gasteiger charge is 2.17. The molecule has 0 fully saturated rings. The van der Waals surface area contributed by atoms with Crippen molar-refractivity contribution in [2.75, 3.05) is 13.2 Å². The first-order valence-corrected chi connectivity index (χ1v) is 22.5. The molecular formula is C46H90O4. The van der Waals surface area contributed by atoms with Gasteiger partial charge in [0.05, 0.1) is 19.1 Å². The van der Waals surface area contributed by atoms with Crippen LogP contribution in [0, 0.1) is 5.92 Å². The summed E-state index contributed by atoms with van der Waals surface area (Å²) in [6, 6.07) is 0. The molecule has 0 rings (SSSR count). The van der Waals surface area contributed by atoms with Crippen LogP contribution >= 0.6 is 0 Å². The summed E-state index contributed by atoms with van der Waals surface area (Å²) in [5, 5.41) is 0. The third-order valence-electron chi connectivity index (χ3n) is 9.92. The summed E-state index contributed by atoms with van der Waals surface area (Å²) in [5.74, 6) is 0.136. The lowest BCUT2D eigenvalue weighted by molar-refractivity contribution is -0.149. The molecule has 0 amide bonds. The van der Waals surface area contributed by atoms with E-state index in [0.717, 1.165) is 32.1 Å². The van der Waals surface area contributed by atoms with Gasteiger partial charge in [-0.25, -0.2) is 0 Å². The Kier molecular flexibility index (Phi) is 46.4. The van der Waals surface area contributed by atoms with Crippen molar-refractivity contribution in [2.45, 2.75) is 253 Å². The van der Waals surface area contributed by atoms with Crippen molar-refractivity contribution < 1.29 is 19.1 Å². The second-order valence-electron chi connectivity index (χ2n) is 14.9.